The molecule has 0 unspecified atom stereocenters. The second kappa shape index (κ2) is 23.9. The van der Waals surface area contributed by atoms with Gasteiger partial charge in [-0.05, 0) is 102 Å². The topological polar surface area (TPSA) is 229 Å². The number of fused-ring (bicyclic) bond motifs is 1. The summed E-state index contributed by atoms with van der Waals surface area (Å²) >= 11 is 0. The second-order valence-electron chi connectivity index (χ2n) is 19.3. The fourth-order valence-corrected chi connectivity index (χ4v) is 10.3. The summed E-state index contributed by atoms with van der Waals surface area (Å²) in [5, 5.41) is 14.9. The van der Waals surface area contributed by atoms with E-state index in [0.29, 0.717) is 57.0 Å². The summed E-state index contributed by atoms with van der Waals surface area (Å²) in [5.41, 5.74) is 0.231. The van der Waals surface area contributed by atoms with Crippen LogP contribution < -0.4 is 26.6 Å². The van der Waals surface area contributed by atoms with Crippen LogP contribution in [-0.4, -0.2) is 162 Å². The van der Waals surface area contributed by atoms with E-state index >= 15 is 0 Å². The Morgan fingerprint density at radius 1 is 0.901 bits per heavy atom. The van der Waals surface area contributed by atoms with E-state index in [1.165, 1.54) is 17.3 Å². The van der Waals surface area contributed by atoms with Gasteiger partial charge in [-0.3, -0.25) is 33.8 Å². The van der Waals surface area contributed by atoms with Gasteiger partial charge in [0, 0.05) is 68.4 Å². The highest BCUT2D eigenvalue weighted by Gasteiger charge is 2.45. The Morgan fingerprint density at radius 3 is 2.41 bits per heavy atom. The molecule has 4 heterocycles. The zero-order valence-electron chi connectivity index (χ0n) is 40.7. The number of carbonyl (C=O) groups is 6. The fourth-order valence-electron chi connectivity index (χ4n) is 10.3. The van der Waals surface area contributed by atoms with Crippen molar-refractivity contribution in [2.24, 2.45) is 11.8 Å². The fraction of sp³-hybridized carbons (Fsp3) is 0.612. The molecule has 2 saturated carbocycles. The summed E-state index contributed by atoms with van der Waals surface area (Å²) in [6, 6.07) is 5.38. The summed E-state index contributed by atoms with van der Waals surface area (Å²) in [6.45, 7) is 4.96. The summed E-state index contributed by atoms with van der Waals surface area (Å²) in [4.78, 5) is 96.5. The number of halogens is 3. The van der Waals surface area contributed by atoms with E-state index in [1.807, 2.05) is 11.0 Å². The van der Waals surface area contributed by atoms with Crippen LogP contribution in [0.5, 0.6) is 0 Å². The van der Waals surface area contributed by atoms with E-state index in [2.05, 4.69) is 67.3 Å². The summed E-state index contributed by atoms with van der Waals surface area (Å²) in [5.74, 6) is -2.27. The van der Waals surface area contributed by atoms with Gasteiger partial charge in [-0.15, -0.1) is 0 Å². The first-order valence-electron chi connectivity index (χ1n) is 24.5. The quantitative estimate of drug-likeness (QED) is 0.103. The minimum absolute atomic E-state index is 0.0379. The van der Waals surface area contributed by atoms with Crippen LogP contribution in [0.15, 0.2) is 49.1 Å². The Kier molecular flexibility index (Phi) is 17.8. The molecule has 1 aromatic carbocycles. The third kappa shape index (κ3) is 13.5. The van der Waals surface area contributed by atoms with Gasteiger partial charge in [0.1, 0.15) is 24.8 Å². The predicted molar refractivity (Wildman–Crippen MR) is 254 cm³/mol. The molecule has 0 spiro atoms. The van der Waals surface area contributed by atoms with Crippen molar-refractivity contribution in [3.8, 4) is 0 Å². The third-order valence-electron chi connectivity index (χ3n) is 14.4. The standard InChI is InChI=1S/C49H66F3N11O8/c1-29(2)61(3)34-12-14-40(63-18-15-38(48(63)69)59-45-35-22-32(49(50,51)52)9-13-37(35)56-28-57-45)39(23-34)60-46(67)30-7-10-33(11-8-30)58-42(65)27-71-21-20-70-19-17-54-41(64)26-55-47(68)36-24-43(66)62(4)44(36)31-6-5-16-53-25-31/h5-6,9,13,16,22,25,28-30,33-34,36,38-40,44H,7-8,10-12,14-15,17-21,23-24,26-27H2,1-4H3,(H,54,64)(H,55,68)(H,58,65)(H,60,67)(H,56,57,59)/t30?,33?,34-,36+,38+,39-,40+,44-/m1/s1. The van der Waals surface area contributed by atoms with Crippen LogP contribution in [0.4, 0.5) is 19.0 Å². The number of rotatable bonds is 20. The molecule has 0 radical (unpaired) electrons. The molecule has 2 aliphatic carbocycles. The van der Waals surface area contributed by atoms with Crippen LogP contribution in [-0.2, 0) is 44.4 Å². The molecule has 19 nitrogen and oxygen atoms in total. The van der Waals surface area contributed by atoms with Crippen LogP contribution in [0.1, 0.15) is 88.8 Å². The number of alkyl halides is 3. The highest BCUT2D eigenvalue weighted by Crippen LogP contribution is 2.38. The number of likely N-dealkylation sites (tertiary alicyclic amines) is 2. The highest BCUT2D eigenvalue weighted by atomic mass is 19.4. The Morgan fingerprint density at radius 2 is 1.68 bits per heavy atom. The molecule has 22 heteroatoms. The van der Waals surface area contributed by atoms with Crippen molar-refractivity contribution < 1.29 is 51.4 Å². The third-order valence-corrected chi connectivity index (χ3v) is 14.4. The number of hydrogen-bond donors (Lipinski definition) is 5. The zero-order valence-corrected chi connectivity index (χ0v) is 40.7. The molecule has 7 rings (SSSR count). The molecule has 386 valence electrons. The van der Waals surface area contributed by atoms with E-state index in [1.54, 1.807) is 25.5 Å². The lowest BCUT2D eigenvalue weighted by Crippen LogP contribution is -2.59. The van der Waals surface area contributed by atoms with Gasteiger partial charge in [-0.25, -0.2) is 9.97 Å². The Labute approximate surface area is 411 Å². The molecule has 4 fully saturated rings. The molecule has 6 atom stereocenters. The molecule has 5 N–H and O–H groups in total. The molecular formula is C49H66F3N11O8. The minimum atomic E-state index is -4.56. The lowest BCUT2D eigenvalue weighted by atomic mass is 9.82. The van der Waals surface area contributed by atoms with Crippen molar-refractivity contribution in [2.75, 3.05) is 65.5 Å². The number of nitrogens with one attached hydrogen (secondary N) is 5. The maximum atomic E-state index is 14.1. The molecule has 2 aromatic heterocycles. The number of benzene rings is 1. The van der Waals surface area contributed by atoms with Crippen molar-refractivity contribution in [1.29, 1.82) is 0 Å². The van der Waals surface area contributed by atoms with E-state index in [-0.39, 0.29) is 117 Å². The van der Waals surface area contributed by atoms with Gasteiger partial charge in [-0.1, -0.05) is 6.07 Å². The van der Waals surface area contributed by atoms with Crippen molar-refractivity contribution in [3.63, 3.8) is 0 Å². The molecule has 71 heavy (non-hydrogen) atoms. The molecular weight excluding hydrogens is 928 g/mol. The van der Waals surface area contributed by atoms with Crippen molar-refractivity contribution in [2.45, 2.75) is 120 Å². The van der Waals surface area contributed by atoms with Gasteiger partial charge >= 0.3 is 6.18 Å². The molecule has 6 amide bonds. The first kappa shape index (κ1) is 52.8. The van der Waals surface area contributed by atoms with E-state index < -0.39 is 41.6 Å². The van der Waals surface area contributed by atoms with Gasteiger partial charge < -0.3 is 50.8 Å². The molecule has 3 aromatic rings. The van der Waals surface area contributed by atoms with Gasteiger partial charge in [0.05, 0.1) is 61.5 Å². The SMILES string of the molecule is CC(C)N(C)[C@@H]1CC[C@H](N2CC[C@H](Nc3ncnc4ccc(C(F)(F)F)cc34)C2=O)[C@H](NC(=O)C2CCC(NC(=O)COCCOCCNC(=O)CNC(=O)[C@H]3CC(=O)N(C)[C@@H]3c3cccnc3)CC2)C1. The van der Waals surface area contributed by atoms with Crippen LogP contribution in [0.25, 0.3) is 10.9 Å². The van der Waals surface area contributed by atoms with Gasteiger partial charge in [0.15, 0.2) is 0 Å². The monoisotopic (exact) mass is 994 g/mol. The predicted octanol–water partition coefficient (Wildman–Crippen LogP) is 2.96. The number of aromatic nitrogens is 3. The first-order chi connectivity index (χ1) is 34.0. The molecule has 0 bridgehead atoms. The first-order valence-corrected chi connectivity index (χ1v) is 24.5. The average molecular weight is 994 g/mol. The summed E-state index contributed by atoms with van der Waals surface area (Å²) < 4.78 is 51.8. The average Bonchev–Trinajstić information content (AvgIpc) is 3.87. The summed E-state index contributed by atoms with van der Waals surface area (Å²) in [6.07, 6.45) is 4.91. The smallest absolute Gasteiger partial charge is 0.377 e. The number of pyridine rings is 1. The molecule has 2 saturated heterocycles. The van der Waals surface area contributed by atoms with Crippen LogP contribution in [0, 0.1) is 11.8 Å². The largest absolute Gasteiger partial charge is 0.416 e. The van der Waals surface area contributed by atoms with Crippen molar-refractivity contribution >= 4 is 52.2 Å². The maximum Gasteiger partial charge on any atom is 0.416 e. The number of hydrogen-bond acceptors (Lipinski definition) is 13. The Hall–Kier alpha value is -6.00. The van der Waals surface area contributed by atoms with Gasteiger partial charge in [0.2, 0.25) is 35.4 Å². The Balaban J connectivity index is 0.793. The van der Waals surface area contributed by atoms with E-state index in [4.69, 9.17) is 9.47 Å². The lowest BCUT2D eigenvalue weighted by Gasteiger charge is -2.45. The number of carbonyl (C=O) groups excluding carboxylic acids is 6. The summed E-state index contributed by atoms with van der Waals surface area (Å²) in [7, 11) is 3.71. The molecule has 4 aliphatic rings. The molecule has 2 aliphatic heterocycles. The second-order valence-corrected chi connectivity index (χ2v) is 19.3. The maximum absolute atomic E-state index is 14.1. The Bertz CT molecular complexity index is 2360. The lowest BCUT2D eigenvalue weighted by molar-refractivity contribution is -0.137. The van der Waals surface area contributed by atoms with Crippen LogP contribution >= 0.6 is 0 Å². The number of anilines is 1. The highest BCUT2D eigenvalue weighted by molar-refractivity contribution is 5.94. The van der Waals surface area contributed by atoms with Crippen molar-refractivity contribution in [1.82, 2.24) is 50.9 Å². The van der Waals surface area contributed by atoms with Gasteiger partial charge in [-0.2, -0.15) is 13.2 Å². The van der Waals surface area contributed by atoms with Gasteiger partial charge in [0.25, 0.3) is 0 Å². The van der Waals surface area contributed by atoms with E-state index in [0.717, 1.165) is 24.1 Å². The normalized spacial score (nSPS) is 24.9. The van der Waals surface area contributed by atoms with Crippen LogP contribution in [0.3, 0.4) is 0 Å². The minimum Gasteiger partial charge on any atom is -0.377 e. The number of ether oxygens (including phenoxy) is 2. The van der Waals surface area contributed by atoms with Crippen LogP contribution in [0.2, 0.25) is 0 Å². The van der Waals surface area contributed by atoms with E-state index in [9.17, 15) is 41.9 Å². The zero-order chi connectivity index (χ0) is 50.8. The number of nitrogens with zero attached hydrogens (tertiary/aromatic N) is 6. The number of amides is 6. The van der Waals surface area contributed by atoms with Crippen molar-refractivity contribution in [3.05, 3.63) is 60.2 Å².